The second-order valence-corrected chi connectivity index (χ2v) is 12.5. The predicted molar refractivity (Wildman–Crippen MR) is 176 cm³/mol. The lowest BCUT2D eigenvalue weighted by molar-refractivity contribution is -0.190. The number of carbonyl (C=O) groups is 3. The van der Waals surface area contributed by atoms with Gasteiger partial charge in [0.15, 0.2) is 5.79 Å². The monoisotopic (exact) mass is 656 g/mol. The van der Waals surface area contributed by atoms with Crippen molar-refractivity contribution in [2.75, 3.05) is 32.9 Å². The minimum absolute atomic E-state index is 0.0984. The minimum atomic E-state index is -0.834. The van der Waals surface area contributed by atoms with E-state index in [1.807, 2.05) is 12.1 Å². The van der Waals surface area contributed by atoms with Gasteiger partial charge in [-0.1, -0.05) is 51.7 Å². The number of hydrogen-bond donors (Lipinski definition) is 3. The summed E-state index contributed by atoms with van der Waals surface area (Å²) >= 11 is 0. The maximum atomic E-state index is 14.0. The van der Waals surface area contributed by atoms with E-state index in [4.69, 9.17) is 24.1 Å². The highest BCUT2D eigenvalue weighted by atomic mass is 16.8. The molecule has 1 aromatic rings. The Hall–Kier alpha value is -3.25. The number of nitrogens with one attached hydrogen (secondary N) is 1. The molecule has 0 radical (unpaired) electrons. The average molecular weight is 657 g/mol. The number of carbonyl (C=O) groups excluding carboxylic acids is 3. The lowest BCUT2D eigenvalue weighted by atomic mass is 9.91. The number of unbranched alkanes of at least 4 members (excludes halogenated alkanes) is 4. The van der Waals surface area contributed by atoms with Gasteiger partial charge in [-0.25, -0.2) is 4.79 Å². The van der Waals surface area contributed by atoms with E-state index in [-0.39, 0.29) is 44.6 Å². The number of nitrogens with zero attached hydrogens (tertiary/aromatic N) is 1. The molecule has 11 heteroatoms. The molecule has 4 rings (SSSR count). The van der Waals surface area contributed by atoms with Gasteiger partial charge in [-0.2, -0.15) is 0 Å². The van der Waals surface area contributed by atoms with Crippen LogP contribution in [0.15, 0.2) is 42.2 Å². The number of amides is 2. The SMILES string of the molecule is CCCCCC1(CCCCC)O[C@@H]2[C@@H](C=C(C(=O)N3CCC[C@@H]3C(=O)NCCO)C[C@H]2OC(=O)c2cccc(C=COCCO)c2)O1. The fourth-order valence-corrected chi connectivity index (χ4v) is 6.58. The topological polar surface area (TPSA) is 144 Å². The number of aliphatic hydroxyl groups is 2. The molecule has 1 aromatic carbocycles. The second-order valence-electron chi connectivity index (χ2n) is 12.5. The Labute approximate surface area is 278 Å². The number of esters is 1. The molecular weight excluding hydrogens is 604 g/mol. The quantitative estimate of drug-likeness (QED) is 0.120. The molecule has 260 valence electrons. The van der Waals surface area contributed by atoms with Crippen LogP contribution in [0.4, 0.5) is 0 Å². The van der Waals surface area contributed by atoms with Gasteiger partial charge in [0, 0.05) is 37.9 Å². The molecule has 0 bridgehead atoms. The number of ether oxygens (including phenoxy) is 4. The summed E-state index contributed by atoms with van der Waals surface area (Å²) in [5, 5.41) is 20.8. The number of likely N-dealkylation sites (tertiary alicyclic amines) is 1. The highest BCUT2D eigenvalue weighted by Gasteiger charge is 2.53. The van der Waals surface area contributed by atoms with Crippen LogP contribution in [0, 0.1) is 0 Å². The molecule has 2 fully saturated rings. The maximum absolute atomic E-state index is 14.0. The Balaban J connectivity index is 1.59. The van der Waals surface area contributed by atoms with Crippen molar-refractivity contribution in [1.29, 1.82) is 0 Å². The summed E-state index contributed by atoms with van der Waals surface area (Å²) in [7, 11) is 0. The van der Waals surface area contributed by atoms with E-state index in [1.54, 1.807) is 29.2 Å². The zero-order valence-electron chi connectivity index (χ0n) is 27.9. The second kappa shape index (κ2) is 18.3. The molecule has 2 saturated heterocycles. The van der Waals surface area contributed by atoms with Crippen LogP contribution in [0.2, 0.25) is 0 Å². The van der Waals surface area contributed by atoms with Gasteiger partial charge in [-0.15, -0.1) is 0 Å². The Morgan fingerprint density at radius 3 is 2.53 bits per heavy atom. The van der Waals surface area contributed by atoms with Crippen molar-refractivity contribution < 1.29 is 43.5 Å². The molecule has 11 nitrogen and oxygen atoms in total. The van der Waals surface area contributed by atoms with Crippen molar-refractivity contribution in [3.63, 3.8) is 0 Å². The first-order valence-corrected chi connectivity index (χ1v) is 17.3. The van der Waals surface area contributed by atoms with E-state index in [9.17, 15) is 19.5 Å². The molecule has 3 aliphatic rings. The Bertz CT molecular complexity index is 1240. The Morgan fingerprint density at radius 2 is 1.83 bits per heavy atom. The van der Waals surface area contributed by atoms with Crippen LogP contribution >= 0.6 is 0 Å². The molecule has 0 aromatic heterocycles. The van der Waals surface area contributed by atoms with E-state index < -0.39 is 36.1 Å². The van der Waals surface area contributed by atoms with Gasteiger partial charge in [-0.05, 0) is 55.5 Å². The summed E-state index contributed by atoms with van der Waals surface area (Å²) in [6.07, 6.45) is 11.8. The van der Waals surface area contributed by atoms with Crippen LogP contribution in [0.25, 0.3) is 6.08 Å². The molecule has 0 unspecified atom stereocenters. The normalized spacial score (nSPS) is 23.4. The summed E-state index contributed by atoms with van der Waals surface area (Å²) in [4.78, 5) is 42.0. The van der Waals surface area contributed by atoms with Crippen LogP contribution < -0.4 is 5.32 Å². The van der Waals surface area contributed by atoms with Gasteiger partial charge < -0.3 is 39.4 Å². The molecule has 47 heavy (non-hydrogen) atoms. The minimum Gasteiger partial charge on any atom is -0.499 e. The van der Waals surface area contributed by atoms with Gasteiger partial charge in [0.2, 0.25) is 11.8 Å². The molecule has 1 aliphatic carbocycles. The van der Waals surface area contributed by atoms with Gasteiger partial charge in [-0.3, -0.25) is 9.59 Å². The third-order valence-corrected chi connectivity index (χ3v) is 8.95. The third kappa shape index (κ3) is 9.88. The van der Waals surface area contributed by atoms with Gasteiger partial charge in [0.25, 0.3) is 0 Å². The standard InChI is InChI=1S/C36H52N2O9/c1-3-5-7-15-36(16-8-6-4-2)46-31-25-28(34(42)38-18-10-13-29(38)33(41)37-17-19-39)24-30(32(31)47-36)45-35(43)27-12-9-11-26(23-27)14-21-44-22-20-40/h9,11-12,14,21,23,25,29-32,39-40H,3-8,10,13,15-20,22,24H2,1-2H3,(H,37,41)/t29-,30-,31-,32+/m1/s1. The van der Waals surface area contributed by atoms with Crippen molar-refractivity contribution in [3.8, 4) is 0 Å². The van der Waals surface area contributed by atoms with Crippen molar-refractivity contribution in [1.82, 2.24) is 10.2 Å². The highest BCUT2D eigenvalue weighted by molar-refractivity contribution is 5.98. The zero-order chi connectivity index (χ0) is 33.6. The number of fused-ring (bicyclic) bond motifs is 1. The van der Waals surface area contributed by atoms with Crippen LogP contribution in [0.5, 0.6) is 0 Å². The molecule has 4 atom stereocenters. The van der Waals surface area contributed by atoms with Gasteiger partial charge in [0.1, 0.15) is 31.0 Å². The smallest absolute Gasteiger partial charge is 0.338 e. The average Bonchev–Trinajstić information content (AvgIpc) is 3.71. The summed E-state index contributed by atoms with van der Waals surface area (Å²) in [6, 6.07) is 6.30. The Kier molecular flexibility index (Phi) is 14.3. The van der Waals surface area contributed by atoms with E-state index in [0.29, 0.717) is 43.4 Å². The summed E-state index contributed by atoms with van der Waals surface area (Å²) in [5.74, 6) is -1.95. The van der Waals surface area contributed by atoms with Crippen molar-refractivity contribution in [3.05, 3.63) is 53.3 Å². The van der Waals surface area contributed by atoms with Gasteiger partial charge in [0.05, 0.1) is 25.0 Å². The summed E-state index contributed by atoms with van der Waals surface area (Å²) in [5.41, 5.74) is 1.50. The van der Waals surface area contributed by atoms with E-state index >= 15 is 0 Å². The fourth-order valence-electron chi connectivity index (χ4n) is 6.58. The van der Waals surface area contributed by atoms with Crippen molar-refractivity contribution >= 4 is 23.9 Å². The number of aliphatic hydroxyl groups excluding tert-OH is 2. The van der Waals surface area contributed by atoms with Crippen molar-refractivity contribution in [2.24, 2.45) is 0 Å². The predicted octanol–water partition coefficient (Wildman–Crippen LogP) is 4.26. The van der Waals surface area contributed by atoms with E-state index in [2.05, 4.69) is 19.2 Å². The molecule has 2 aliphatic heterocycles. The number of benzene rings is 1. The summed E-state index contributed by atoms with van der Waals surface area (Å²) < 4.78 is 24.8. The molecule has 2 heterocycles. The lowest BCUT2D eigenvalue weighted by Gasteiger charge is -2.33. The maximum Gasteiger partial charge on any atom is 0.338 e. The lowest BCUT2D eigenvalue weighted by Crippen LogP contribution is -2.49. The third-order valence-electron chi connectivity index (χ3n) is 8.95. The summed E-state index contributed by atoms with van der Waals surface area (Å²) in [6.45, 7) is 4.75. The number of rotatable bonds is 18. The first-order chi connectivity index (χ1) is 22.8. The van der Waals surface area contributed by atoms with Crippen LogP contribution in [0.1, 0.15) is 100 Å². The molecule has 3 N–H and O–H groups in total. The van der Waals surface area contributed by atoms with Gasteiger partial charge >= 0.3 is 5.97 Å². The zero-order valence-corrected chi connectivity index (χ0v) is 27.9. The van der Waals surface area contributed by atoms with Crippen LogP contribution in [-0.2, 0) is 28.5 Å². The molecule has 0 saturated carbocycles. The highest BCUT2D eigenvalue weighted by Crippen LogP contribution is 2.43. The molecule has 0 spiro atoms. The fraction of sp³-hybridized carbons (Fsp3) is 0.639. The van der Waals surface area contributed by atoms with Crippen molar-refractivity contribution in [2.45, 2.75) is 115 Å². The van der Waals surface area contributed by atoms with Crippen LogP contribution in [0.3, 0.4) is 0 Å². The number of hydrogen-bond acceptors (Lipinski definition) is 9. The van der Waals surface area contributed by atoms with E-state index in [0.717, 1.165) is 44.1 Å². The molecular formula is C36H52N2O9. The largest absolute Gasteiger partial charge is 0.499 e. The van der Waals surface area contributed by atoms with E-state index in [1.165, 1.54) is 6.26 Å². The first kappa shape index (κ1) is 36.6. The molecule has 2 amide bonds. The first-order valence-electron chi connectivity index (χ1n) is 17.3. The van der Waals surface area contributed by atoms with Crippen LogP contribution in [-0.4, -0.2) is 95.9 Å². The Morgan fingerprint density at radius 1 is 1.06 bits per heavy atom.